The average Bonchev–Trinajstić information content (AvgIpc) is 2.76. The molecule has 0 radical (unpaired) electrons. The number of para-hydroxylation sites is 2. The second-order valence-corrected chi connectivity index (χ2v) is 8.10. The van der Waals surface area contributed by atoms with Gasteiger partial charge >= 0.3 is 0 Å². The molecule has 7 heteroatoms. The normalized spacial score (nSPS) is 14.7. The lowest BCUT2D eigenvalue weighted by molar-refractivity contribution is -0.123. The van der Waals surface area contributed by atoms with E-state index in [-0.39, 0.29) is 19.1 Å². The number of benzene rings is 2. The van der Waals surface area contributed by atoms with Crippen molar-refractivity contribution < 1.29 is 19.4 Å². The van der Waals surface area contributed by atoms with E-state index in [0.717, 1.165) is 26.1 Å². The number of carbonyl (C=O) groups is 1. The fraction of sp³-hybridized carbons (Fsp3) is 0.458. The molecule has 1 atom stereocenters. The van der Waals surface area contributed by atoms with Crippen LogP contribution in [0.25, 0.3) is 0 Å². The van der Waals surface area contributed by atoms with E-state index in [1.54, 1.807) is 6.07 Å². The highest BCUT2D eigenvalue weighted by atomic mass is 16.5. The number of nitrogens with one attached hydrogen (secondary N) is 1. The lowest BCUT2D eigenvalue weighted by Crippen LogP contribution is -2.42. The van der Waals surface area contributed by atoms with Crippen LogP contribution in [0.15, 0.2) is 48.5 Å². The second kappa shape index (κ2) is 11.7. The molecule has 0 saturated carbocycles. The van der Waals surface area contributed by atoms with Gasteiger partial charge in [0.05, 0.1) is 6.10 Å². The van der Waals surface area contributed by atoms with Crippen molar-refractivity contribution in [3.05, 3.63) is 59.7 Å². The number of β-amino-alcohol motifs (C(OH)–C–C–N with tert-alkyl or cyclic N) is 1. The van der Waals surface area contributed by atoms with E-state index in [0.29, 0.717) is 24.7 Å². The fourth-order valence-corrected chi connectivity index (χ4v) is 3.53. The molecule has 3 rings (SSSR count). The third kappa shape index (κ3) is 7.54. The number of aliphatic hydroxyl groups is 1. The summed E-state index contributed by atoms with van der Waals surface area (Å²) in [5.74, 6) is 0.873. The predicted molar refractivity (Wildman–Crippen MR) is 120 cm³/mol. The Hall–Kier alpha value is -2.61. The maximum absolute atomic E-state index is 12.2. The average molecular weight is 428 g/mol. The molecule has 1 amide bonds. The van der Waals surface area contributed by atoms with E-state index in [2.05, 4.69) is 28.4 Å². The number of carbonyl (C=O) groups excluding carboxylic acids is 1. The zero-order valence-corrected chi connectivity index (χ0v) is 18.4. The van der Waals surface area contributed by atoms with Gasteiger partial charge in [0.1, 0.15) is 6.61 Å². The van der Waals surface area contributed by atoms with Gasteiger partial charge in [0.15, 0.2) is 18.1 Å². The van der Waals surface area contributed by atoms with Gasteiger partial charge in [0, 0.05) is 32.7 Å². The third-order valence-corrected chi connectivity index (χ3v) is 5.22. The highest BCUT2D eigenvalue weighted by molar-refractivity contribution is 5.77. The van der Waals surface area contributed by atoms with E-state index in [1.807, 2.05) is 43.3 Å². The molecule has 0 spiro atoms. The van der Waals surface area contributed by atoms with Crippen LogP contribution in [0, 0.1) is 0 Å². The molecule has 0 bridgehead atoms. The molecule has 31 heavy (non-hydrogen) atoms. The molecule has 2 aromatic rings. The highest BCUT2D eigenvalue weighted by Crippen LogP contribution is 2.26. The minimum Gasteiger partial charge on any atom is -0.488 e. The Kier molecular flexibility index (Phi) is 8.70. The van der Waals surface area contributed by atoms with E-state index in [9.17, 15) is 9.90 Å². The monoisotopic (exact) mass is 427 g/mol. The molecule has 2 aromatic carbocycles. The summed E-state index contributed by atoms with van der Waals surface area (Å²) in [4.78, 5) is 16.4. The minimum absolute atomic E-state index is 0.127. The topological polar surface area (TPSA) is 74.3 Å². The SMILES string of the molecule is CN(C)CCOc1ccccc1OCC(=O)NCC(O)CN1CCc2ccccc2C1. The molecule has 1 unspecified atom stereocenters. The molecular formula is C24H33N3O4. The first kappa shape index (κ1) is 23.1. The Labute approximate surface area is 184 Å². The Morgan fingerprint density at radius 1 is 1.10 bits per heavy atom. The zero-order valence-electron chi connectivity index (χ0n) is 18.4. The van der Waals surface area contributed by atoms with Crippen molar-refractivity contribution in [2.24, 2.45) is 0 Å². The summed E-state index contributed by atoms with van der Waals surface area (Å²) in [5.41, 5.74) is 2.69. The van der Waals surface area contributed by atoms with Crippen molar-refractivity contribution in [3.8, 4) is 11.5 Å². The van der Waals surface area contributed by atoms with Gasteiger partial charge in [-0.3, -0.25) is 9.69 Å². The number of amides is 1. The first-order valence-corrected chi connectivity index (χ1v) is 10.7. The fourth-order valence-electron chi connectivity index (χ4n) is 3.53. The maximum Gasteiger partial charge on any atom is 0.258 e. The van der Waals surface area contributed by atoms with Crippen molar-refractivity contribution in [3.63, 3.8) is 0 Å². The molecule has 7 nitrogen and oxygen atoms in total. The summed E-state index contributed by atoms with van der Waals surface area (Å²) < 4.78 is 11.4. The number of likely N-dealkylation sites (N-methyl/N-ethyl adjacent to an activating group) is 1. The molecule has 1 aliphatic rings. The van der Waals surface area contributed by atoms with E-state index >= 15 is 0 Å². The van der Waals surface area contributed by atoms with Crippen LogP contribution in [0.5, 0.6) is 11.5 Å². The summed E-state index contributed by atoms with van der Waals surface area (Å²) in [7, 11) is 3.96. The first-order chi connectivity index (χ1) is 15.0. The van der Waals surface area contributed by atoms with Gasteiger partial charge in [-0.25, -0.2) is 0 Å². The van der Waals surface area contributed by atoms with Crippen LogP contribution < -0.4 is 14.8 Å². The summed E-state index contributed by atoms with van der Waals surface area (Å²) in [6.07, 6.45) is 0.356. The van der Waals surface area contributed by atoms with Crippen LogP contribution >= 0.6 is 0 Å². The summed E-state index contributed by atoms with van der Waals surface area (Å²) in [6, 6.07) is 15.7. The summed E-state index contributed by atoms with van der Waals surface area (Å²) in [5, 5.41) is 13.1. The van der Waals surface area contributed by atoms with Gasteiger partial charge in [0.2, 0.25) is 0 Å². The van der Waals surface area contributed by atoms with Gasteiger partial charge in [-0.1, -0.05) is 36.4 Å². The number of aliphatic hydroxyl groups excluding tert-OH is 1. The van der Waals surface area contributed by atoms with Gasteiger partial charge in [-0.05, 0) is 43.8 Å². The van der Waals surface area contributed by atoms with Crippen LogP contribution in [0.2, 0.25) is 0 Å². The number of ether oxygens (including phenoxy) is 2. The third-order valence-electron chi connectivity index (χ3n) is 5.22. The quantitative estimate of drug-likeness (QED) is 0.567. The molecule has 0 saturated heterocycles. The van der Waals surface area contributed by atoms with Crippen molar-refractivity contribution in [1.82, 2.24) is 15.1 Å². The minimum atomic E-state index is -0.629. The molecule has 0 aromatic heterocycles. The summed E-state index contributed by atoms with van der Waals surface area (Å²) in [6.45, 7) is 3.66. The largest absolute Gasteiger partial charge is 0.488 e. The molecule has 1 aliphatic heterocycles. The van der Waals surface area contributed by atoms with Crippen LogP contribution in [-0.2, 0) is 17.8 Å². The number of hydrogen-bond donors (Lipinski definition) is 2. The lowest BCUT2D eigenvalue weighted by Gasteiger charge is -2.30. The number of nitrogens with zero attached hydrogens (tertiary/aromatic N) is 2. The predicted octanol–water partition coefficient (Wildman–Crippen LogP) is 1.54. The highest BCUT2D eigenvalue weighted by Gasteiger charge is 2.19. The lowest BCUT2D eigenvalue weighted by atomic mass is 10.00. The Morgan fingerprint density at radius 2 is 1.77 bits per heavy atom. The Morgan fingerprint density at radius 3 is 2.52 bits per heavy atom. The van der Waals surface area contributed by atoms with E-state index in [4.69, 9.17) is 9.47 Å². The van der Waals surface area contributed by atoms with Crippen LogP contribution in [-0.4, -0.2) is 80.4 Å². The Bertz CT molecular complexity index is 843. The molecule has 168 valence electrons. The van der Waals surface area contributed by atoms with Crippen molar-refractivity contribution >= 4 is 5.91 Å². The second-order valence-electron chi connectivity index (χ2n) is 8.10. The van der Waals surface area contributed by atoms with Crippen molar-refractivity contribution in [2.75, 3.05) is 53.5 Å². The van der Waals surface area contributed by atoms with Crippen molar-refractivity contribution in [1.29, 1.82) is 0 Å². The maximum atomic E-state index is 12.2. The standard InChI is InChI=1S/C24H33N3O4/c1-26(2)13-14-30-22-9-5-6-10-23(22)31-18-24(29)25-15-21(28)17-27-12-11-19-7-3-4-8-20(19)16-27/h3-10,21,28H,11-18H2,1-2H3,(H,25,29). The van der Waals surface area contributed by atoms with Crippen molar-refractivity contribution in [2.45, 2.75) is 19.1 Å². The molecule has 0 fully saturated rings. The molecule has 0 aliphatic carbocycles. The van der Waals surface area contributed by atoms with E-state index in [1.165, 1.54) is 11.1 Å². The van der Waals surface area contributed by atoms with Gasteiger partial charge in [0.25, 0.3) is 5.91 Å². The van der Waals surface area contributed by atoms with E-state index < -0.39 is 6.10 Å². The zero-order chi connectivity index (χ0) is 22.1. The smallest absolute Gasteiger partial charge is 0.258 e. The Balaban J connectivity index is 1.38. The number of fused-ring (bicyclic) bond motifs is 1. The number of hydrogen-bond acceptors (Lipinski definition) is 6. The molecule has 2 N–H and O–H groups in total. The molecular weight excluding hydrogens is 394 g/mol. The van der Waals surface area contributed by atoms with Crippen LogP contribution in [0.3, 0.4) is 0 Å². The molecule has 1 heterocycles. The van der Waals surface area contributed by atoms with Crippen LogP contribution in [0.4, 0.5) is 0 Å². The number of rotatable bonds is 11. The van der Waals surface area contributed by atoms with Gasteiger partial charge in [-0.2, -0.15) is 0 Å². The van der Waals surface area contributed by atoms with Gasteiger partial charge < -0.3 is 24.8 Å². The van der Waals surface area contributed by atoms with Crippen LogP contribution in [0.1, 0.15) is 11.1 Å². The first-order valence-electron chi connectivity index (χ1n) is 10.7. The summed E-state index contributed by atoms with van der Waals surface area (Å²) >= 11 is 0. The van der Waals surface area contributed by atoms with Gasteiger partial charge in [-0.15, -0.1) is 0 Å².